The molecule has 0 aromatic heterocycles. The predicted octanol–water partition coefficient (Wildman–Crippen LogP) is 1.19. The highest BCUT2D eigenvalue weighted by molar-refractivity contribution is 6.04. The number of carbonyl (C=O) groups excluding carboxylic acids is 3. The van der Waals surface area contributed by atoms with Crippen LogP contribution in [0.15, 0.2) is 0 Å². The molecule has 1 heterocycles. The molecule has 0 aromatic rings. The number of urea groups is 1. The Morgan fingerprint density at radius 1 is 1.47 bits per heavy atom. The van der Waals surface area contributed by atoms with Crippen molar-refractivity contribution in [3.63, 3.8) is 0 Å². The normalized spacial score (nSPS) is 21.1. The first kappa shape index (κ1) is 15.3. The van der Waals surface area contributed by atoms with E-state index in [4.69, 9.17) is 4.74 Å². The van der Waals surface area contributed by atoms with E-state index in [9.17, 15) is 14.4 Å². The predicted molar refractivity (Wildman–Crippen MR) is 68.3 cm³/mol. The van der Waals surface area contributed by atoms with Gasteiger partial charge in [0.2, 0.25) is 0 Å². The van der Waals surface area contributed by atoms with Crippen LogP contribution < -0.4 is 10.6 Å². The van der Waals surface area contributed by atoms with Gasteiger partial charge in [-0.25, -0.2) is 14.5 Å². The Balaban J connectivity index is 2.71. The Kier molecular flexibility index (Phi) is 4.39. The largest absolute Gasteiger partial charge is 0.444 e. The lowest BCUT2D eigenvalue weighted by molar-refractivity contribution is -0.129. The molecule has 2 atom stereocenters. The van der Waals surface area contributed by atoms with E-state index in [1.165, 1.54) is 0 Å². The third kappa shape index (κ3) is 3.84. The van der Waals surface area contributed by atoms with Crippen molar-refractivity contribution in [2.24, 2.45) is 0 Å². The molecule has 7 heteroatoms. The molecule has 1 aliphatic heterocycles. The Hall–Kier alpha value is -1.79. The minimum atomic E-state index is -0.702. The number of alkyl carbamates (subject to hydrolysis) is 1. The lowest BCUT2D eigenvalue weighted by atomic mass is 10.2. The van der Waals surface area contributed by atoms with Gasteiger partial charge in [-0.15, -0.1) is 0 Å². The minimum Gasteiger partial charge on any atom is -0.444 e. The van der Waals surface area contributed by atoms with Gasteiger partial charge in [-0.05, 0) is 34.1 Å². The molecule has 2 unspecified atom stereocenters. The molecule has 1 fully saturated rings. The molecule has 108 valence electrons. The maximum atomic E-state index is 11.8. The SMILES string of the molecule is CCC(NC(=O)OC(C)(C)C)N1C(=O)NC(C)C1=O. The molecule has 1 saturated heterocycles. The second kappa shape index (κ2) is 5.46. The highest BCUT2D eigenvalue weighted by Gasteiger charge is 2.40. The van der Waals surface area contributed by atoms with Crippen molar-refractivity contribution in [2.45, 2.75) is 58.8 Å². The number of ether oxygens (including phenoxy) is 1. The summed E-state index contributed by atoms with van der Waals surface area (Å²) in [6, 6.07) is -1.07. The summed E-state index contributed by atoms with van der Waals surface area (Å²) < 4.78 is 5.11. The second-order valence-electron chi connectivity index (χ2n) is 5.45. The lowest BCUT2D eigenvalue weighted by Crippen LogP contribution is -2.52. The summed E-state index contributed by atoms with van der Waals surface area (Å²) >= 11 is 0. The van der Waals surface area contributed by atoms with Gasteiger partial charge < -0.3 is 15.4 Å². The number of nitrogens with zero attached hydrogens (tertiary/aromatic N) is 1. The number of carbonyl (C=O) groups is 3. The third-order valence-electron chi connectivity index (χ3n) is 2.55. The third-order valence-corrected chi connectivity index (χ3v) is 2.55. The summed E-state index contributed by atoms with van der Waals surface area (Å²) in [5.74, 6) is -0.354. The van der Waals surface area contributed by atoms with Crippen LogP contribution >= 0.6 is 0 Å². The van der Waals surface area contributed by atoms with Crippen molar-refractivity contribution in [1.29, 1.82) is 0 Å². The number of hydrogen-bond acceptors (Lipinski definition) is 4. The van der Waals surface area contributed by atoms with Crippen LogP contribution in [0.4, 0.5) is 9.59 Å². The number of amides is 4. The van der Waals surface area contributed by atoms with E-state index < -0.39 is 29.9 Å². The van der Waals surface area contributed by atoms with Crippen LogP contribution in [0.5, 0.6) is 0 Å². The number of rotatable bonds is 3. The first-order valence-electron chi connectivity index (χ1n) is 6.28. The summed E-state index contributed by atoms with van der Waals surface area (Å²) in [7, 11) is 0. The van der Waals surface area contributed by atoms with Crippen molar-refractivity contribution in [3.05, 3.63) is 0 Å². The van der Waals surface area contributed by atoms with Crippen LogP contribution in [0, 0.1) is 0 Å². The summed E-state index contributed by atoms with van der Waals surface area (Å²) in [6.07, 6.45) is -0.947. The molecule has 0 aliphatic carbocycles. The zero-order valence-corrected chi connectivity index (χ0v) is 11.9. The average molecular weight is 271 g/mol. The molecular weight excluding hydrogens is 250 g/mol. The second-order valence-corrected chi connectivity index (χ2v) is 5.45. The maximum absolute atomic E-state index is 11.8. The molecule has 4 amide bonds. The molecular formula is C12H21N3O4. The van der Waals surface area contributed by atoms with Crippen molar-refractivity contribution in [3.8, 4) is 0 Å². The molecule has 2 N–H and O–H groups in total. The van der Waals surface area contributed by atoms with Gasteiger partial charge in [0.1, 0.15) is 17.8 Å². The summed E-state index contributed by atoms with van der Waals surface area (Å²) in [4.78, 5) is 36.2. The van der Waals surface area contributed by atoms with E-state index in [0.717, 1.165) is 4.90 Å². The summed E-state index contributed by atoms with van der Waals surface area (Å²) in [5.41, 5.74) is -0.632. The Labute approximate surface area is 112 Å². The number of hydrogen-bond donors (Lipinski definition) is 2. The van der Waals surface area contributed by atoms with E-state index in [1.807, 2.05) is 0 Å². The van der Waals surface area contributed by atoms with E-state index in [-0.39, 0.29) is 5.91 Å². The van der Waals surface area contributed by atoms with Crippen LogP contribution in [-0.4, -0.2) is 40.7 Å². The van der Waals surface area contributed by atoms with E-state index in [2.05, 4.69) is 10.6 Å². The van der Waals surface area contributed by atoms with Gasteiger partial charge in [-0.2, -0.15) is 0 Å². The monoisotopic (exact) mass is 271 g/mol. The fourth-order valence-corrected chi connectivity index (χ4v) is 1.71. The van der Waals surface area contributed by atoms with Crippen molar-refractivity contribution >= 4 is 18.0 Å². The first-order valence-corrected chi connectivity index (χ1v) is 6.28. The molecule has 0 aromatic carbocycles. The lowest BCUT2D eigenvalue weighted by Gasteiger charge is -2.27. The average Bonchev–Trinajstić information content (AvgIpc) is 2.48. The number of nitrogens with one attached hydrogen (secondary N) is 2. The molecule has 19 heavy (non-hydrogen) atoms. The Morgan fingerprint density at radius 2 is 2.05 bits per heavy atom. The van der Waals surface area contributed by atoms with Crippen LogP contribution in [0.3, 0.4) is 0 Å². The van der Waals surface area contributed by atoms with Gasteiger partial charge >= 0.3 is 12.1 Å². The highest BCUT2D eigenvalue weighted by Crippen LogP contribution is 2.13. The fourth-order valence-electron chi connectivity index (χ4n) is 1.71. The zero-order valence-electron chi connectivity index (χ0n) is 11.9. The maximum Gasteiger partial charge on any atom is 0.409 e. The van der Waals surface area contributed by atoms with Gasteiger partial charge in [-0.3, -0.25) is 4.79 Å². The van der Waals surface area contributed by atoms with E-state index in [1.54, 1.807) is 34.6 Å². The van der Waals surface area contributed by atoms with Gasteiger partial charge in [0.05, 0.1) is 0 Å². The molecule has 1 aliphatic rings. The van der Waals surface area contributed by atoms with Gasteiger partial charge in [0, 0.05) is 0 Å². The van der Waals surface area contributed by atoms with Gasteiger partial charge in [0.25, 0.3) is 5.91 Å². The Bertz CT molecular complexity index is 389. The van der Waals surface area contributed by atoms with Gasteiger partial charge in [0.15, 0.2) is 0 Å². The quantitative estimate of drug-likeness (QED) is 0.755. The van der Waals surface area contributed by atoms with Crippen molar-refractivity contribution in [1.82, 2.24) is 15.5 Å². The number of imide groups is 1. The first-order chi connectivity index (χ1) is 8.65. The standard InChI is InChI=1S/C12H21N3O4/c1-6-8(14-11(18)19-12(3,4)5)15-9(16)7(2)13-10(15)17/h7-8H,6H2,1-5H3,(H,13,17)(H,14,18). The van der Waals surface area contributed by atoms with Crippen LogP contribution in [0.1, 0.15) is 41.0 Å². The zero-order chi connectivity index (χ0) is 14.8. The minimum absolute atomic E-state index is 0.354. The molecule has 7 nitrogen and oxygen atoms in total. The van der Waals surface area contributed by atoms with E-state index in [0.29, 0.717) is 6.42 Å². The summed E-state index contributed by atoms with van der Waals surface area (Å²) in [5, 5.41) is 5.03. The molecule has 0 bridgehead atoms. The van der Waals surface area contributed by atoms with Crippen LogP contribution in [0.25, 0.3) is 0 Å². The van der Waals surface area contributed by atoms with Crippen molar-refractivity contribution in [2.75, 3.05) is 0 Å². The molecule has 1 rings (SSSR count). The molecule has 0 saturated carbocycles. The van der Waals surface area contributed by atoms with E-state index >= 15 is 0 Å². The van der Waals surface area contributed by atoms with Crippen LogP contribution in [-0.2, 0) is 9.53 Å². The van der Waals surface area contributed by atoms with Crippen LogP contribution in [0.2, 0.25) is 0 Å². The molecule has 0 spiro atoms. The summed E-state index contributed by atoms with van der Waals surface area (Å²) in [6.45, 7) is 8.59. The molecule has 0 radical (unpaired) electrons. The van der Waals surface area contributed by atoms with Gasteiger partial charge in [-0.1, -0.05) is 6.92 Å². The highest BCUT2D eigenvalue weighted by atomic mass is 16.6. The smallest absolute Gasteiger partial charge is 0.409 e. The topological polar surface area (TPSA) is 87.7 Å². The fraction of sp³-hybridized carbons (Fsp3) is 0.750. The van der Waals surface area contributed by atoms with Crippen molar-refractivity contribution < 1.29 is 19.1 Å². The Morgan fingerprint density at radius 3 is 2.42 bits per heavy atom.